The zero-order valence-corrected chi connectivity index (χ0v) is 13.3. The summed E-state index contributed by atoms with van der Waals surface area (Å²) in [6.45, 7) is 5.61. The van der Waals surface area contributed by atoms with Crippen molar-refractivity contribution in [2.24, 2.45) is 7.05 Å². The number of hydrogen-bond acceptors (Lipinski definition) is 3. The highest BCUT2D eigenvalue weighted by molar-refractivity contribution is 5.93. The lowest BCUT2D eigenvalue weighted by Crippen LogP contribution is -2.44. The molecule has 2 aromatic heterocycles. The van der Waals surface area contributed by atoms with Gasteiger partial charge in [-0.2, -0.15) is 0 Å². The zero-order valence-electron chi connectivity index (χ0n) is 13.3. The molecule has 1 fully saturated rings. The minimum absolute atomic E-state index is 0.0494. The predicted molar refractivity (Wildman–Crippen MR) is 82.8 cm³/mol. The van der Waals surface area contributed by atoms with E-state index in [9.17, 15) is 4.79 Å². The molecule has 0 aromatic carbocycles. The monoisotopic (exact) mass is 302 g/mol. The number of nitrogens with zero attached hydrogens (tertiary/aromatic N) is 2. The number of aromatic nitrogens is 1. The molecule has 0 saturated carbocycles. The molecule has 5 nitrogen and oxygen atoms in total. The second kappa shape index (κ2) is 6.01. The Bertz CT molecular complexity index is 671. The molecule has 0 radical (unpaired) electrons. The van der Waals surface area contributed by atoms with Gasteiger partial charge in [-0.1, -0.05) is 6.92 Å². The average Bonchev–Trinajstić information content (AvgIpc) is 3.12. The van der Waals surface area contributed by atoms with Crippen molar-refractivity contribution in [3.05, 3.63) is 47.2 Å². The lowest BCUT2D eigenvalue weighted by atomic mass is 10.1. The van der Waals surface area contributed by atoms with Crippen LogP contribution in [0, 0.1) is 6.92 Å². The molecule has 22 heavy (non-hydrogen) atoms. The summed E-state index contributed by atoms with van der Waals surface area (Å²) in [5.41, 5.74) is 1.98. The fourth-order valence-corrected chi connectivity index (χ4v) is 2.98. The first kappa shape index (κ1) is 14.9. The summed E-state index contributed by atoms with van der Waals surface area (Å²) in [6, 6.07) is 5.90. The largest absolute Gasteiger partial charge is 0.456 e. The Hall–Kier alpha value is -2.01. The maximum atomic E-state index is 12.9. The van der Waals surface area contributed by atoms with Crippen molar-refractivity contribution in [1.82, 2.24) is 9.47 Å². The van der Waals surface area contributed by atoms with E-state index in [0.717, 1.165) is 23.4 Å². The van der Waals surface area contributed by atoms with Crippen molar-refractivity contribution in [1.29, 1.82) is 0 Å². The quantitative estimate of drug-likeness (QED) is 0.876. The van der Waals surface area contributed by atoms with Crippen LogP contribution in [0.1, 0.15) is 40.5 Å². The molecule has 1 atom stereocenters. The number of carbonyl (C=O) groups is 1. The second-order valence-electron chi connectivity index (χ2n) is 5.71. The molecule has 0 bridgehead atoms. The third-order valence-electron chi connectivity index (χ3n) is 4.23. The zero-order chi connectivity index (χ0) is 15.7. The molecular weight excluding hydrogens is 280 g/mol. The third-order valence-corrected chi connectivity index (χ3v) is 4.23. The summed E-state index contributed by atoms with van der Waals surface area (Å²) in [7, 11) is 1.99. The molecule has 5 heteroatoms. The number of rotatable bonds is 3. The van der Waals surface area contributed by atoms with Gasteiger partial charge >= 0.3 is 0 Å². The van der Waals surface area contributed by atoms with Crippen molar-refractivity contribution in [2.45, 2.75) is 26.3 Å². The SMILES string of the molecule is CCc1cc(C)c(C(=O)N2CCOCC2c2cccn2C)o1. The number of furan rings is 1. The molecule has 3 heterocycles. The van der Waals surface area contributed by atoms with Gasteiger partial charge in [0, 0.05) is 37.5 Å². The predicted octanol–water partition coefficient (Wildman–Crippen LogP) is 2.70. The van der Waals surface area contributed by atoms with Crippen LogP contribution in [-0.4, -0.2) is 35.1 Å². The molecule has 1 aliphatic heterocycles. The lowest BCUT2D eigenvalue weighted by molar-refractivity contribution is -0.00628. The van der Waals surface area contributed by atoms with Gasteiger partial charge in [-0.3, -0.25) is 4.79 Å². The van der Waals surface area contributed by atoms with E-state index in [2.05, 4.69) is 0 Å². The van der Waals surface area contributed by atoms with Crippen LogP contribution < -0.4 is 0 Å². The molecule has 3 rings (SSSR count). The van der Waals surface area contributed by atoms with Crippen LogP contribution in [0.25, 0.3) is 0 Å². The first-order valence-electron chi connectivity index (χ1n) is 7.71. The number of amides is 1. The fourth-order valence-electron chi connectivity index (χ4n) is 2.98. The fraction of sp³-hybridized carbons (Fsp3) is 0.471. The third kappa shape index (κ3) is 2.57. The Morgan fingerprint density at radius 3 is 2.91 bits per heavy atom. The van der Waals surface area contributed by atoms with E-state index >= 15 is 0 Å². The minimum Gasteiger partial charge on any atom is -0.456 e. The summed E-state index contributed by atoms with van der Waals surface area (Å²) in [5.74, 6) is 1.26. The number of ether oxygens (including phenoxy) is 1. The Kier molecular flexibility index (Phi) is 4.07. The topological polar surface area (TPSA) is 47.6 Å². The van der Waals surface area contributed by atoms with Crippen LogP contribution in [0.2, 0.25) is 0 Å². The highest BCUT2D eigenvalue weighted by atomic mass is 16.5. The Labute approximate surface area is 130 Å². The van der Waals surface area contributed by atoms with Crippen molar-refractivity contribution in [3.8, 4) is 0 Å². The smallest absolute Gasteiger partial charge is 0.290 e. The van der Waals surface area contributed by atoms with Crippen LogP contribution in [0.15, 0.2) is 28.8 Å². The summed E-state index contributed by atoms with van der Waals surface area (Å²) in [4.78, 5) is 14.8. The van der Waals surface area contributed by atoms with Crippen LogP contribution in [-0.2, 0) is 18.2 Å². The van der Waals surface area contributed by atoms with E-state index in [0.29, 0.717) is 25.5 Å². The van der Waals surface area contributed by atoms with E-state index in [1.165, 1.54) is 0 Å². The van der Waals surface area contributed by atoms with Gasteiger partial charge in [0.15, 0.2) is 5.76 Å². The van der Waals surface area contributed by atoms with E-state index in [4.69, 9.17) is 9.15 Å². The molecule has 1 amide bonds. The van der Waals surface area contributed by atoms with Gasteiger partial charge < -0.3 is 18.6 Å². The average molecular weight is 302 g/mol. The van der Waals surface area contributed by atoms with E-state index in [1.54, 1.807) is 0 Å². The van der Waals surface area contributed by atoms with Gasteiger partial charge in [0.25, 0.3) is 5.91 Å². The molecule has 0 aliphatic carbocycles. The standard InChI is InChI=1S/C17H22N2O3/c1-4-13-10-12(2)16(22-13)17(20)19-8-9-21-11-15(19)14-6-5-7-18(14)3/h5-7,10,15H,4,8-9,11H2,1-3H3. The Morgan fingerprint density at radius 1 is 1.45 bits per heavy atom. The molecular formula is C17H22N2O3. The molecule has 2 aromatic rings. The van der Waals surface area contributed by atoms with Crippen molar-refractivity contribution < 1.29 is 13.9 Å². The first-order chi connectivity index (χ1) is 10.6. The summed E-state index contributed by atoms with van der Waals surface area (Å²) in [6.07, 6.45) is 2.78. The Morgan fingerprint density at radius 2 is 2.27 bits per heavy atom. The van der Waals surface area contributed by atoms with Crippen LogP contribution in [0.3, 0.4) is 0 Å². The second-order valence-corrected chi connectivity index (χ2v) is 5.71. The van der Waals surface area contributed by atoms with Crippen LogP contribution in [0.5, 0.6) is 0 Å². The maximum Gasteiger partial charge on any atom is 0.290 e. The molecule has 0 spiro atoms. The van der Waals surface area contributed by atoms with Crippen molar-refractivity contribution >= 4 is 5.91 Å². The summed E-state index contributed by atoms with van der Waals surface area (Å²) >= 11 is 0. The molecule has 1 unspecified atom stereocenters. The molecule has 0 N–H and O–H groups in total. The maximum absolute atomic E-state index is 12.9. The summed E-state index contributed by atoms with van der Waals surface area (Å²) in [5, 5.41) is 0. The molecule has 1 saturated heterocycles. The summed E-state index contributed by atoms with van der Waals surface area (Å²) < 4.78 is 13.4. The van der Waals surface area contributed by atoms with Gasteiger partial charge in [-0.05, 0) is 25.1 Å². The number of morpholine rings is 1. The number of aryl methyl sites for hydroxylation is 3. The van der Waals surface area contributed by atoms with Gasteiger partial charge in [0.05, 0.1) is 19.3 Å². The minimum atomic E-state index is -0.0733. The number of hydrogen-bond donors (Lipinski definition) is 0. The van der Waals surface area contributed by atoms with Gasteiger partial charge in [-0.25, -0.2) is 0 Å². The highest BCUT2D eigenvalue weighted by Crippen LogP contribution is 2.27. The lowest BCUT2D eigenvalue weighted by Gasteiger charge is -2.35. The van der Waals surface area contributed by atoms with Gasteiger partial charge in [0.2, 0.25) is 0 Å². The van der Waals surface area contributed by atoms with Gasteiger partial charge in [0.1, 0.15) is 5.76 Å². The van der Waals surface area contributed by atoms with Crippen LogP contribution in [0.4, 0.5) is 0 Å². The molecule has 1 aliphatic rings. The Balaban J connectivity index is 1.91. The first-order valence-corrected chi connectivity index (χ1v) is 7.71. The number of carbonyl (C=O) groups excluding carboxylic acids is 1. The van der Waals surface area contributed by atoms with E-state index in [1.807, 2.05) is 54.8 Å². The van der Waals surface area contributed by atoms with E-state index < -0.39 is 0 Å². The highest BCUT2D eigenvalue weighted by Gasteiger charge is 2.33. The molecule has 118 valence electrons. The van der Waals surface area contributed by atoms with Crippen LogP contribution >= 0.6 is 0 Å². The van der Waals surface area contributed by atoms with Crippen molar-refractivity contribution in [3.63, 3.8) is 0 Å². The van der Waals surface area contributed by atoms with Gasteiger partial charge in [-0.15, -0.1) is 0 Å². The normalized spacial score (nSPS) is 18.7. The van der Waals surface area contributed by atoms with Crippen molar-refractivity contribution in [2.75, 3.05) is 19.8 Å². The van der Waals surface area contributed by atoms with E-state index in [-0.39, 0.29) is 11.9 Å².